The summed E-state index contributed by atoms with van der Waals surface area (Å²) >= 11 is 0. The highest BCUT2D eigenvalue weighted by molar-refractivity contribution is 6.04. The Bertz CT molecular complexity index is 778. The number of hydrogen-bond acceptors (Lipinski definition) is 5. The summed E-state index contributed by atoms with van der Waals surface area (Å²) in [5, 5.41) is 8.06. The predicted molar refractivity (Wildman–Crippen MR) is 102 cm³/mol. The maximum absolute atomic E-state index is 12.2. The van der Waals surface area contributed by atoms with Crippen LogP contribution in [0.2, 0.25) is 0 Å². The van der Waals surface area contributed by atoms with Crippen LogP contribution in [0.3, 0.4) is 0 Å². The topological polar surface area (TPSA) is 126 Å². The molecule has 0 bridgehead atoms. The van der Waals surface area contributed by atoms with Crippen LogP contribution in [0.25, 0.3) is 0 Å². The van der Waals surface area contributed by atoms with Gasteiger partial charge in [-0.1, -0.05) is 12.1 Å². The van der Waals surface area contributed by atoms with Gasteiger partial charge in [-0.3, -0.25) is 19.4 Å². The predicted octanol–water partition coefficient (Wildman–Crippen LogP) is 0.976. The Morgan fingerprint density at radius 1 is 1.00 bits per heavy atom. The van der Waals surface area contributed by atoms with Crippen LogP contribution < -0.4 is 21.7 Å². The fourth-order valence-corrected chi connectivity index (χ4v) is 2.35. The zero-order chi connectivity index (χ0) is 19.6. The Labute approximate surface area is 157 Å². The summed E-state index contributed by atoms with van der Waals surface area (Å²) in [5.41, 5.74) is 7.96. The van der Waals surface area contributed by atoms with Crippen LogP contribution in [-0.2, 0) is 9.59 Å². The molecule has 1 atom stereocenters. The highest BCUT2D eigenvalue weighted by Gasteiger charge is 2.13. The second-order valence-corrected chi connectivity index (χ2v) is 5.96. The van der Waals surface area contributed by atoms with E-state index < -0.39 is 6.04 Å². The molecule has 1 heterocycles. The van der Waals surface area contributed by atoms with Gasteiger partial charge in [0.25, 0.3) is 5.91 Å². The Balaban J connectivity index is 1.83. The van der Waals surface area contributed by atoms with E-state index in [0.717, 1.165) is 5.56 Å². The fourth-order valence-electron chi connectivity index (χ4n) is 2.35. The van der Waals surface area contributed by atoms with Crippen molar-refractivity contribution in [3.05, 3.63) is 59.9 Å². The van der Waals surface area contributed by atoms with Gasteiger partial charge in [-0.25, -0.2) is 0 Å². The Kier molecular flexibility index (Phi) is 7.45. The SMILES string of the molecule is CC(=O)NCCNC(=O)CC(N)c1ccc(C(=O)Nc2ccncc2)cc1. The first-order valence-electron chi connectivity index (χ1n) is 8.54. The van der Waals surface area contributed by atoms with Gasteiger partial charge in [0.2, 0.25) is 11.8 Å². The van der Waals surface area contributed by atoms with Gasteiger partial charge in [0.15, 0.2) is 0 Å². The molecule has 5 N–H and O–H groups in total. The minimum absolute atomic E-state index is 0.114. The molecule has 0 saturated heterocycles. The molecule has 0 aliphatic rings. The van der Waals surface area contributed by atoms with Gasteiger partial charge in [-0.15, -0.1) is 0 Å². The summed E-state index contributed by atoms with van der Waals surface area (Å²) in [6.07, 6.45) is 3.31. The maximum Gasteiger partial charge on any atom is 0.255 e. The minimum atomic E-state index is -0.483. The lowest BCUT2D eigenvalue weighted by molar-refractivity contribution is -0.122. The van der Waals surface area contributed by atoms with E-state index in [-0.39, 0.29) is 24.1 Å². The van der Waals surface area contributed by atoms with Crippen LogP contribution in [-0.4, -0.2) is 35.8 Å². The first-order chi connectivity index (χ1) is 13.0. The number of carbonyl (C=O) groups is 3. The second kappa shape index (κ2) is 10.0. The standard InChI is InChI=1S/C19H23N5O3/c1-13(25)22-10-11-23-18(26)12-17(20)14-2-4-15(5-3-14)19(27)24-16-6-8-21-9-7-16/h2-9,17H,10-12,20H2,1H3,(H,22,25)(H,23,26)(H,21,24,27). The Morgan fingerprint density at radius 2 is 1.63 bits per heavy atom. The number of benzene rings is 1. The van der Waals surface area contributed by atoms with E-state index in [1.807, 2.05) is 0 Å². The molecule has 2 rings (SSSR count). The lowest BCUT2D eigenvalue weighted by atomic mass is 10.0. The number of nitrogens with zero attached hydrogens (tertiary/aromatic N) is 1. The van der Waals surface area contributed by atoms with Gasteiger partial charge >= 0.3 is 0 Å². The molecule has 0 saturated carbocycles. The maximum atomic E-state index is 12.2. The largest absolute Gasteiger partial charge is 0.355 e. The van der Waals surface area contributed by atoms with Crippen LogP contribution >= 0.6 is 0 Å². The average Bonchev–Trinajstić information content (AvgIpc) is 2.66. The van der Waals surface area contributed by atoms with Gasteiger partial charge in [-0.2, -0.15) is 0 Å². The summed E-state index contributed by atoms with van der Waals surface area (Å²) in [6.45, 7) is 2.13. The Morgan fingerprint density at radius 3 is 2.26 bits per heavy atom. The number of carbonyl (C=O) groups excluding carboxylic acids is 3. The Hall–Kier alpha value is -3.26. The van der Waals surface area contributed by atoms with E-state index in [2.05, 4.69) is 20.9 Å². The highest BCUT2D eigenvalue weighted by atomic mass is 16.2. The zero-order valence-electron chi connectivity index (χ0n) is 15.1. The third-order valence-electron chi connectivity index (χ3n) is 3.77. The van der Waals surface area contributed by atoms with Gasteiger partial charge in [0, 0.05) is 56.1 Å². The third kappa shape index (κ3) is 6.87. The number of pyridine rings is 1. The van der Waals surface area contributed by atoms with Crippen LogP contribution in [0.15, 0.2) is 48.8 Å². The number of hydrogen-bond donors (Lipinski definition) is 4. The normalized spacial score (nSPS) is 11.3. The summed E-state index contributed by atoms with van der Waals surface area (Å²) in [6, 6.07) is 9.72. The molecule has 142 valence electrons. The average molecular weight is 369 g/mol. The van der Waals surface area contributed by atoms with Crippen molar-refractivity contribution in [1.29, 1.82) is 0 Å². The van der Waals surface area contributed by atoms with Crippen molar-refractivity contribution in [3.8, 4) is 0 Å². The smallest absolute Gasteiger partial charge is 0.255 e. The van der Waals surface area contributed by atoms with E-state index in [4.69, 9.17) is 5.73 Å². The van der Waals surface area contributed by atoms with Crippen LogP contribution in [0.5, 0.6) is 0 Å². The molecule has 0 spiro atoms. The molecule has 1 aromatic carbocycles. The molecule has 0 radical (unpaired) electrons. The molecule has 8 heteroatoms. The first-order valence-corrected chi connectivity index (χ1v) is 8.54. The molecule has 0 aliphatic carbocycles. The lowest BCUT2D eigenvalue weighted by Gasteiger charge is -2.13. The van der Waals surface area contributed by atoms with E-state index >= 15 is 0 Å². The fraction of sp³-hybridized carbons (Fsp3) is 0.263. The number of nitrogens with two attached hydrogens (primary N) is 1. The van der Waals surface area contributed by atoms with Crippen molar-refractivity contribution in [1.82, 2.24) is 15.6 Å². The molecule has 2 aromatic rings. The van der Waals surface area contributed by atoms with Crippen LogP contribution in [0, 0.1) is 0 Å². The lowest BCUT2D eigenvalue weighted by Crippen LogP contribution is -2.34. The molecular formula is C19H23N5O3. The van der Waals surface area contributed by atoms with E-state index in [1.165, 1.54) is 6.92 Å². The van der Waals surface area contributed by atoms with Crippen LogP contribution in [0.4, 0.5) is 5.69 Å². The van der Waals surface area contributed by atoms with Crippen molar-refractivity contribution in [2.45, 2.75) is 19.4 Å². The molecule has 3 amide bonds. The molecule has 27 heavy (non-hydrogen) atoms. The molecule has 0 fully saturated rings. The van der Waals surface area contributed by atoms with Crippen molar-refractivity contribution >= 4 is 23.4 Å². The number of anilines is 1. The van der Waals surface area contributed by atoms with E-state index in [1.54, 1.807) is 48.8 Å². The summed E-state index contributed by atoms with van der Waals surface area (Å²) < 4.78 is 0. The molecule has 0 aliphatic heterocycles. The summed E-state index contributed by atoms with van der Waals surface area (Å²) in [5.74, 6) is -0.585. The zero-order valence-corrected chi connectivity index (χ0v) is 15.1. The van der Waals surface area contributed by atoms with Gasteiger partial charge in [0.1, 0.15) is 0 Å². The molecule has 8 nitrogen and oxygen atoms in total. The molecule has 1 unspecified atom stereocenters. The summed E-state index contributed by atoms with van der Waals surface area (Å²) in [4.78, 5) is 38.7. The van der Waals surface area contributed by atoms with Gasteiger partial charge in [0.05, 0.1) is 0 Å². The number of aromatic nitrogens is 1. The van der Waals surface area contributed by atoms with Crippen molar-refractivity contribution in [2.24, 2.45) is 5.73 Å². The number of rotatable bonds is 8. The number of amides is 3. The van der Waals surface area contributed by atoms with E-state index in [9.17, 15) is 14.4 Å². The quantitative estimate of drug-likeness (QED) is 0.516. The molecular weight excluding hydrogens is 346 g/mol. The van der Waals surface area contributed by atoms with Gasteiger partial charge in [-0.05, 0) is 29.8 Å². The number of nitrogens with one attached hydrogen (secondary N) is 3. The van der Waals surface area contributed by atoms with E-state index in [0.29, 0.717) is 24.3 Å². The van der Waals surface area contributed by atoms with Crippen LogP contribution in [0.1, 0.15) is 35.3 Å². The van der Waals surface area contributed by atoms with Crippen molar-refractivity contribution < 1.29 is 14.4 Å². The van der Waals surface area contributed by atoms with Gasteiger partial charge < -0.3 is 21.7 Å². The van der Waals surface area contributed by atoms with Crippen molar-refractivity contribution in [2.75, 3.05) is 18.4 Å². The molecule has 1 aromatic heterocycles. The first kappa shape index (κ1) is 20.1. The minimum Gasteiger partial charge on any atom is -0.355 e. The summed E-state index contributed by atoms with van der Waals surface area (Å²) in [7, 11) is 0. The third-order valence-corrected chi connectivity index (χ3v) is 3.77. The monoisotopic (exact) mass is 369 g/mol. The highest BCUT2D eigenvalue weighted by Crippen LogP contribution is 2.16. The second-order valence-electron chi connectivity index (χ2n) is 5.96. The van der Waals surface area contributed by atoms with Crippen molar-refractivity contribution in [3.63, 3.8) is 0 Å².